The monoisotopic (exact) mass is 785 g/mol. The van der Waals surface area contributed by atoms with Gasteiger partial charge in [0.1, 0.15) is 11.5 Å². The Hall–Kier alpha value is -2.13. The largest absolute Gasteiger partial charge is 0.505 e. The molecule has 0 heterocycles. The molecule has 0 amide bonds. The van der Waals surface area contributed by atoms with Crippen molar-refractivity contribution in [1.82, 2.24) is 0 Å². The van der Waals surface area contributed by atoms with E-state index < -0.39 is 8.69 Å². The molecule has 4 nitrogen and oxygen atoms in total. The molecule has 0 aliphatic heterocycles. The molecule has 0 N–H and O–H groups in total. The lowest BCUT2D eigenvalue weighted by Crippen LogP contribution is -2.20. The number of ether oxygens (including phenoxy) is 1. The van der Waals surface area contributed by atoms with Gasteiger partial charge in [-0.25, -0.2) is 0 Å². The summed E-state index contributed by atoms with van der Waals surface area (Å²) in [6.45, 7) is 28.3. The molecule has 2 aromatic rings. The summed E-state index contributed by atoms with van der Waals surface area (Å²) in [5.74, 6) is 0.884. The topological polar surface area (TPSA) is 44.8 Å². The van der Waals surface area contributed by atoms with Crippen LogP contribution in [0.2, 0.25) is 0 Å². The molecule has 0 aliphatic carbocycles. The van der Waals surface area contributed by atoms with Crippen LogP contribution in [0.3, 0.4) is 0 Å². The molecule has 0 aliphatic rings. The third-order valence-corrected chi connectivity index (χ3v) is 11.3. The molecular formula is C49H82FO4P. The van der Waals surface area contributed by atoms with E-state index in [-0.39, 0.29) is 27.6 Å². The Kier molecular flexibility index (Phi) is 20.8. The van der Waals surface area contributed by atoms with Crippen LogP contribution in [0.25, 0.3) is 0 Å². The number of carbonyl (C=O) groups is 1. The summed E-state index contributed by atoms with van der Waals surface area (Å²) >= 11 is 0. The first-order valence-corrected chi connectivity index (χ1v) is 23.0. The first-order valence-electron chi connectivity index (χ1n) is 21.9. The van der Waals surface area contributed by atoms with Crippen LogP contribution in [0.15, 0.2) is 30.3 Å². The minimum atomic E-state index is -2.78. The van der Waals surface area contributed by atoms with Gasteiger partial charge in [0.2, 0.25) is 0 Å². The van der Waals surface area contributed by atoms with Crippen molar-refractivity contribution in [2.24, 2.45) is 0 Å². The van der Waals surface area contributed by atoms with E-state index in [4.69, 9.17) is 13.8 Å². The Morgan fingerprint density at radius 1 is 0.564 bits per heavy atom. The van der Waals surface area contributed by atoms with Crippen molar-refractivity contribution in [3.8, 4) is 11.5 Å². The third kappa shape index (κ3) is 18.8. The molecule has 1 atom stereocenters. The molecule has 0 bridgehead atoms. The maximum Gasteiger partial charge on any atom is 0.505 e. The van der Waals surface area contributed by atoms with E-state index in [1.165, 1.54) is 95.5 Å². The van der Waals surface area contributed by atoms with Crippen molar-refractivity contribution < 1.29 is 22.8 Å². The smallest absolute Gasteiger partial charge is 0.466 e. The average Bonchev–Trinajstić information content (AvgIpc) is 3.07. The second-order valence-corrected chi connectivity index (χ2v) is 20.9. The molecule has 2 rings (SSSR count). The molecule has 314 valence electrons. The zero-order valence-corrected chi connectivity index (χ0v) is 38.7. The molecule has 0 saturated heterocycles. The lowest BCUT2D eigenvalue weighted by molar-refractivity contribution is -0.143. The average molecular weight is 785 g/mol. The molecule has 0 saturated carbocycles. The number of hydrogen-bond donors (Lipinski definition) is 0. The fraction of sp³-hybridized carbons (Fsp3) is 0.735. The molecule has 0 radical (unpaired) electrons. The maximum absolute atomic E-state index is 16.1. The third-order valence-electron chi connectivity index (χ3n) is 10.6. The molecule has 0 spiro atoms. The summed E-state index contributed by atoms with van der Waals surface area (Å²) < 4.78 is 33.9. The quantitative estimate of drug-likeness (QED) is 0.0604. The zero-order valence-electron chi connectivity index (χ0n) is 37.8. The van der Waals surface area contributed by atoms with Gasteiger partial charge in [0, 0.05) is 23.1 Å². The predicted molar refractivity (Wildman–Crippen MR) is 236 cm³/mol. The van der Waals surface area contributed by atoms with Crippen LogP contribution in [-0.4, -0.2) is 12.6 Å². The normalized spacial score (nSPS) is 13.2. The summed E-state index contributed by atoms with van der Waals surface area (Å²) in [6.07, 6.45) is 22.0. The van der Waals surface area contributed by atoms with Crippen molar-refractivity contribution in [3.63, 3.8) is 0 Å². The Morgan fingerprint density at radius 3 is 1.42 bits per heavy atom. The van der Waals surface area contributed by atoms with Gasteiger partial charge in [0.05, 0.1) is 6.61 Å². The summed E-state index contributed by atoms with van der Waals surface area (Å²) in [5.41, 5.74) is 4.03. The van der Waals surface area contributed by atoms with Crippen molar-refractivity contribution in [2.75, 3.05) is 6.61 Å². The molecule has 2 aromatic carbocycles. The van der Waals surface area contributed by atoms with Gasteiger partial charge in [-0.3, -0.25) is 4.79 Å². The highest BCUT2D eigenvalue weighted by Gasteiger charge is 2.32. The lowest BCUT2D eigenvalue weighted by atomic mass is 9.78. The van der Waals surface area contributed by atoms with Crippen LogP contribution in [-0.2, 0) is 37.6 Å². The van der Waals surface area contributed by atoms with Crippen LogP contribution in [0.4, 0.5) is 4.20 Å². The van der Waals surface area contributed by atoms with Gasteiger partial charge in [0.25, 0.3) is 0 Å². The van der Waals surface area contributed by atoms with Crippen LogP contribution >= 0.6 is 8.69 Å². The van der Waals surface area contributed by atoms with Gasteiger partial charge >= 0.3 is 14.7 Å². The van der Waals surface area contributed by atoms with E-state index in [0.717, 1.165) is 35.1 Å². The summed E-state index contributed by atoms with van der Waals surface area (Å²) in [5, 5.41) is 0. The highest BCUT2D eigenvalue weighted by atomic mass is 31.2. The fourth-order valence-electron chi connectivity index (χ4n) is 7.03. The fourth-order valence-corrected chi connectivity index (χ4v) is 7.72. The molecule has 55 heavy (non-hydrogen) atoms. The van der Waals surface area contributed by atoms with Crippen LogP contribution in [0.1, 0.15) is 227 Å². The van der Waals surface area contributed by atoms with Gasteiger partial charge in [-0.2, -0.15) is 0 Å². The molecule has 6 heteroatoms. The van der Waals surface area contributed by atoms with E-state index in [0.29, 0.717) is 30.9 Å². The lowest BCUT2D eigenvalue weighted by Gasteiger charge is -2.31. The van der Waals surface area contributed by atoms with E-state index in [1.807, 2.05) is 12.1 Å². The molecule has 0 fully saturated rings. The highest BCUT2D eigenvalue weighted by molar-refractivity contribution is 7.42. The number of unbranched alkanes of at least 4 members (excludes halogenated alkanes) is 15. The first-order chi connectivity index (χ1) is 25.6. The van der Waals surface area contributed by atoms with Gasteiger partial charge < -0.3 is 13.8 Å². The second-order valence-electron chi connectivity index (χ2n) is 20.1. The number of rotatable bonds is 24. The van der Waals surface area contributed by atoms with Gasteiger partial charge in [-0.15, -0.1) is 4.20 Å². The summed E-state index contributed by atoms with van der Waals surface area (Å²) in [4.78, 5) is 12.8. The number of esters is 1. The number of carbonyl (C=O) groups excluding carboxylic acids is 1. The van der Waals surface area contributed by atoms with Crippen LogP contribution in [0, 0.1) is 0 Å². The molecule has 1 unspecified atom stereocenters. The summed E-state index contributed by atoms with van der Waals surface area (Å²) in [7, 11) is -2.78. The van der Waals surface area contributed by atoms with E-state index >= 15 is 4.20 Å². The highest BCUT2D eigenvalue weighted by Crippen LogP contribution is 2.50. The Morgan fingerprint density at radius 2 is 1.00 bits per heavy atom. The molecule has 0 aromatic heterocycles. The Balaban J connectivity index is 1.91. The van der Waals surface area contributed by atoms with Crippen molar-refractivity contribution in [2.45, 2.75) is 227 Å². The van der Waals surface area contributed by atoms with Gasteiger partial charge in [0.15, 0.2) is 0 Å². The minimum Gasteiger partial charge on any atom is -0.466 e. The van der Waals surface area contributed by atoms with Crippen molar-refractivity contribution >= 4 is 14.7 Å². The van der Waals surface area contributed by atoms with Gasteiger partial charge in [-0.1, -0.05) is 211 Å². The number of aryl methyl sites for hydroxylation is 1. The number of benzene rings is 2. The van der Waals surface area contributed by atoms with E-state index in [2.05, 4.69) is 108 Å². The van der Waals surface area contributed by atoms with Gasteiger partial charge in [-0.05, 0) is 51.7 Å². The van der Waals surface area contributed by atoms with Crippen LogP contribution in [0.5, 0.6) is 11.5 Å². The Bertz CT molecular complexity index is 1370. The van der Waals surface area contributed by atoms with E-state index in [1.54, 1.807) is 0 Å². The summed E-state index contributed by atoms with van der Waals surface area (Å²) in [6, 6.07) is 10.2. The number of hydrogen-bond acceptors (Lipinski definition) is 4. The molecular weight excluding hydrogens is 703 g/mol. The zero-order chi connectivity index (χ0) is 41.3. The maximum atomic E-state index is 16.1. The van der Waals surface area contributed by atoms with Crippen LogP contribution < -0.4 is 9.05 Å². The predicted octanol–water partition coefficient (Wildman–Crippen LogP) is 16.3. The standard InChI is InChI=1S/C49H82FO4P/c1-14-15-16-17-18-19-20-21-22-23-24-25-26-27-28-29-34-52-44(51)33-30-38-35-41(48(8,9)10)45(42(36-38)49(11,12)13)54-55(50)53-43-32-31-39(46(2,3)4)37-40(43)47(5,6)7/h31-32,35-37H,14-30,33-34H2,1-13H3. The Labute approximate surface area is 339 Å². The first kappa shape index (κ1) is 49.0. The van der Waals surface area contributed by atoms with Crippen molar-refractivity contribution in [1.29, 1.82) is 0 Å². The number of halogens is 1. The van der Waals surface area contributed by atoms with Crippen molar-refractivity contribution in [3.05, 3.63) is 58.1 Å². The van der Waals surface area contributed by atoms with E-state index in [9.17, 15) is 4.79 Å². The SMILES string of the molecule is CCCCCCCCCCCCCCCCCCOC(=O)CCc1cc(C(C)(C)C)c(OP(F)Oc2ccc(C(C)(C)C)cc2C(C)(C)C)c(C(C)(C)C)c1. The minimum absolute atomic E-state index is 0.0392. The second kappa shape index (κ2) is 23.3.